The van der Waals surface area contributed by atoms with Crippen LogP contribution in [-0.2, 0) is 4.74 Å². The molecule has 2 N–H and O–H groups in total. The van der Waals surface area contributed by atoms with Crippen LogP contribution >= 0.6 is 11.6 Å². The summed E-state index contributed by atoms with van der Waals surface area (Å²) in [6.45, 7) is 1.19. The van der Waals surface area contributed by atoms with Crippen LogP contribution in [0.2, 0.25) is 5.02 Å². The van der Waals surface area contributed by atoms with Crippen molar-refractivity contribution in [3.63, 3.8) is 0 Å². The van der Waals surface area contributed by atoms with Gasteiger partial charge >= 0.3 is 0 Å². The first kappa shape index (κ1) is 8.59. The third kappa shape index (κ3) is 1.68. The molecular formula is C8H9ClN2O2. The van der Waals surface area contributed by atoms with Crippen LogP contribution in [0.3, 0.4) is 0 Å². The maximum Gasteiger partial charge on any atom is 0.164 e. The van der Waals surface area contributed by atoms with Crippen LogP contribution in [0.25, 0.3) is 0 Å². The van der Waals surface area contributed by atoms with E-state index in [9.17, 15) is 0 Å². The van der Waals surface area contributed by atoms with Gasteiger partial charge in [0.1, 0.15) is 11.1 Å². The first-order valence-corrected chi connectivity index (χ1v) is 4.28. The molecule has 0 unspecified atom stereocenters. The highest BCUT2D eigenvalue weighted by Gasteiger charge is 2.22. The van der Waals surface area contributed by atoms with Crippen molar-refractivity contribution < 1.29 is 9.47 Å². The van der Waals surface area contributed by atoms with E-state index in [4.69, 9.17) is 26.8 Å². The zero-order valence-corrected chi connectivity index (χ0v) is 7.62. The van der Waals surface area contributed by atoms with Crippen molar-refractivity contribution in [2.75, 3.05) is 18.9 Å². The minimum atomic E-state index is 0.0715. The lowest BCUT2D eigenvalue weighted by molar-refractivity contribution is -0.0793. The SMILES string of the molecule is Nc1cncc(Cl)c1OC1COC1. The van der Waals surface area contributed by atoms with E-state index in [2.05, 4.69) is 4.98 Å². The number of hydrogen-bond acceptors (Lipinski definition) is 4. The average Bonchev–Trinajstić information content (AvgIpc) is 2.00. The van der Waals surface area contributed by atoms with Crippen molar-refractivity contribution in [2.45, 2.75) is 6.10 Å². The summed E-state index contributed by atoms with van der Waals surface area (Å²) in [7, 11) is 0. The molecule has 0 atom stereocenters. The number of anilines is 1. The molecule has 5 heteroatoms. The maximum atomic E-state index is 5.85. The zero-order valence-electron chi connectivity index (χ0n) is 6.87. The number of nitrogen functional groups attached to an aromatic ring is 1. The molecule has 0 amide bonds. The predicted octanol–water partition coefficient (Wildman–Crippen LogP) is 1.09. The van der Waals surface area contributed by atoms with Gasteiger partial charge < -0.3 is 15.2 Å². The van der Waals surface area contributed by atoms with Crippen molar-refractivity contribution in [1.29, 1.82) is 0 Å². The summed E-state index contributed by atoms with van der Waals surface area (Å²) >= 11 is 5.85. The van der Waals surface area contributed by atoms with E-state index < -0.39 is 0 Å². The van der Waals surface area contributed by atoms with Gasteiger partial charge in [-0.1, -0.05) is 11.6 Å². The Morgan fingerprint density at radius 2 is 2.31 bits per heavy atom. The predicted molar refractivity (Wildman–Crippen MR) is 48.9 cm³/mol. The van der Waals surface area contributed by atoms with Crippen molar-refractivity contribution in [2.24, 2.45) is 0 Å². The van der Waals surface area contributed by atoms with Crippen LogP contribution < -0.4 is 10.5 Å². The lowest BCUT2D eigenvalue weighted by atomic mass is 10.3. The van der Waals surface area contributed by atoms with E-state index >= 15 is 0 Å². The summed E-state index contributed by atoms with van der Waals surface area (Å²) in [4.78, 5) is 3.83. The highest BCUT2D eigenvalue weighted by atomic mass is 35.5. The first-order chi connectivity index (χ1) is 6.27. The fraction of sp³-hybridized carbons (Fsp3) is 0.375. The van der Waals surface area contributed by atoms with Gasteiger partial charge in [0.2, 0.25) is 0 Å². The molecule has 0 aromatic carbocycles. The molecule has 13 heavy (non-hydrogen) atoms. The van der Waals surface area contributed by atoms with E-state index in [1.165, 1.54) is 12.4 Å². The molecule has 1 saturated heterocycles. The number of nitrogens with zero attached hydrogens (tertiary/aromatic N) is 1. The van der Waals surface area contributed by atoms with Crippen molar-refractivity contribution in [1.82, 2.24) is 4.98 Å². The number of aromatic nitrogens is 1. The number of rotatable bonds is 2. The Bertz CT molecular complexity index is 295. The smallest absolute Gasteiger partial charge is 0.164 e. The van der Waals surface area contributed by atoms with Crippen molar-refractivity contribution in [3.05, 3.63) is 17.4 Å². The van der Waals surface area contributed by atoms with Gasteiger partial charge in [0.05, 0.1) is 25.1 Å². The fourth-order valence-electron chi connectivity index (χ4n) is 1.01. The summed E-state index contributed by atoms with van der Waals surface area (Å²) < 4.78 is 10.5. The molecule has 1 aliphatic rings. The minimum Gasteiger partial charge on any atom is -0.482 e. The van der Waals surface area contributed by atoms with E-state index in [0.29, 0.717) is 29.7 Å². The summed E-state index contributed by atoms with van der Waals surface area (Å²) in [5.41, 5.74) is 6.09. The van der Waals surface area contributed by atoms with Gasteiger partial charge in [0.25, 0.3) is 0 Å². The topological polar surface area (TPSA) is 57.4 Å². The van der Waals surface area contributed by atoms with Gasteiger partial charge in [-0.15, -0.1) is 0 Å². The minimum absolute atomic E-state index is 0.0715. The van der Waals surface area contributed by atoms with Gasteiger partial charge in [-0.05, 0) is 0 Å². The Kier molecular flexibility index (Phi) is 2.24. The first-order valence-electron chi connectivity index (χ1n) is 3.91. The summed E-state index contributed by atoms with van der Waals surface area (Å²) in [5, 5.41) is 0.437. The third-order valence-electron chi connectivity index (χ3n) is 1.77. The maximum absolute atomic E-state index is 5.85. The van der Waals surface area contributed by atoms with Crippen LogP contribution in [0, 0.1) is 0 Å². The molecule has 1 aromatic rings. The largest absolute Gasteiger partial charge is 0.482 e. The number of nitrogens with two attached hydrogens (primary N) is 1. The lowest BCUT2D eigenvalue weighted by Gasteiger charge is -2.27. The van der Waals surface area contributed by atoms with Gasteiger partial charge in [-0.2, -0.15) is 0 Å². The summed E-state index contributed by atoms with van der Waals surface area (Å²) in [6, 6.07) is 0. The van der Waals surface area contributed by atoms with Gasteiger partial charge in [0.15, 0.2) is 5.75 Å². The third-order valence-corrected chi connectivity index (χ3v) is 2.04. The Morgan fingerprint density at radius 1 is 1.54 bits per heavy atom. The summed E-state index contributed by atoms with van der Waals surface area (Å²) in [5.74, 6) is 0.505. The molecule has 0 aliphatic carbocycles. The molecular weight excluding hydrogens is 192 g/mol. The highest BCUT2D eigenvalue weighted by molar-refractivity contribution is 6.32. The normalized spacial score (nSPS) is 16.7. The van der Waals surface area contributed by atoms with Gasteiger partial charge in [0, 0.05) is 6.20 Å². The fourth-order valence-corrected chi connectivity index (χ4v) is 1.22. The van der Waals surface area contributed by atoms with Crippen LogP contribution in [0.4, 0.5) is 5.69 Å². The molecule has 1 aromatic heterocycles. The highest BCUT2D eigenvalue weighted by Crippen LogP contribution is 2.31. The van der Waals surface area contributed by atoms with Gasteiger partial charge in [-0.25, -0.2) is 0 Å². The van der Waals surface area contributed by atoms with E-state index in [1.54, 1.807) is 0 Å². The molecule has 0 bridgehead atoms. The van der Waals surface area contributed by atoms with E-state index in [1.807, 2.05) is 0 Å². The molecule has 0 radical (unpaired) electrons. The second-order valence-electron chi connectivity index (χ2n) is 2.82. The number of pyridine rings is 1. The number of halogens is 1. The van der Waals surface area contributed by atoms with E-state index in [0.717, 1.165) is 0 Å². The monoisotopic (exact) mass is 200 g/mol. The molecule has 4 nitrogen and oxygen atoms in total. The van der Waals surface area contributed by atoms with E-state index in [-0.39, 0.29) is 6.10 Å². The Hall–Kier alpha value is -1.00. The quantitative estimate of drug-likeness (QED) is 0.777. The Morgan fingerprint density at radius 3 is 2.85 bits per heavy atom. The molecule has 1 fully saturated rings. The molecule has 0 spiro atoms. The van der Waals surface area contributed by atoms with Crippen molar-refractivity contribution >= 4 is 17.3 Å². The average molecular weight is 201 g/mol. The second kappa shape index (κ2) is 3.40. The standard InChI is InChI=1S/C8H9ClN2O2/c9-6-1-11-2-7(10)8(6)13-5-3-12-4-5/h1-2,5H,3-4,10H2. The molecule has 2 heterocycles. The Labute approximate surface area is 80.6 Å². The molecule has 70 valence electrons. The number of ether oxygens (including phenoxy) is 2. The van der Waals surface area contributed by atoms with Crippen molar-refractivity contribution in [3.8, 4) is 5.75 Å². The van der Waals surface area contributed by atoms with Crippen LogP contribution in [0.1, 0.15) is 0 Å². The molecule has 2 rings (SSSR count). The van der Waals surface area contributed by atoms with Crippen LogP contribution in [0.5, 0.6) is 5.75 Å². The second-order valence-corrected chi connectivity index (χ2v) is 3.22. The zero-order chi connectivity index (χ0) is 9.26. The summed E-state index contributed by atoms with van der Waals surface area (Å²) in [6.07, 6.45) is 3.09. The van der Waals surface area contributed by atoms with Crippen LogP contribution in [0.15, 0.2) is 12.4 Å². The molecule has 0 saturated carbocycles. The van der Waals surface area contributed by atoms with Gasteiger partial charge in [-0.3, -0.25) is 4.98 Å². The lowest BCUT2D eigenvalue weighted by Crippen LogP contribution is -2.38. The molecule has 1 aliphatic heterocycles. The van der Waals surface area contributed by atoms with Crippen LogP contribution in [-0.4, -0.2) is 24.3 Å². The Balaban J connectivity index is 2.17. The number of hydrogen-bond donors (Lipinski definition) is 1.